The number of ether oxygens (including phenoxy) is 1. The molecular formula is C58H111NO5. The summed E-state index contributed by atoms with van der Waals surface area (Å²) >= 11 is 0. The van der Waals surface area contributed by atoms with Gasteiger partial charge in [-0.3, -0.25) is 9.59 Å². The number of carbonyl (C=O) groups excluding carboxylic acids is 2. The van der Waals surface area contributed by atoms with E-state index in [-0.39, 0.29) is 18.5 Å². The lowest BCUT2D eigenvalue weighted by Crippen LogP contribution is -2.45. The molecule has 1 amide bonds. The standard InChI is InChI=1S/C58H111NO5/c1-3-5-7-9-11-13-15-17-23-26-30-34-38-42-46-50-56(61)55(54-60)59-57(62)51-47-43-39-35-31-27-24-21-19-20-22-25-29-33-37-41-45-49-53-64-58(63)52-48-44-40-36-32-28-18-16-14-12-10-8-6-4-2/h10,12,16,18,55-56,60-61H,3-9,11,13-15,17,19-54H2,1-2H3,(H,59,62)/b12-10-,18-16-. The lowest BCUT2D eigenvalue weighted by atomic mass is 10.0. The topological polar surface area (TPSA) is 95.9 Å². The molecule has 3 N–H and O–H groups in total. The second-order valence-electron chi connectivity index (χ2n) is 19.6. The van der Waals surface area contributed by atoms with Gasteiger partial charge in [-0.25, -0.2) is 0 Å². The number of nitrogens with one attached hydrogen (secondary N) is 1. The first-order valence-electron chi connectivity index (χ1n) is 28.6. The Labute approximate surface area is 399 Å². The summed E-state index contributed by atoms with van der Waals surface area (Å²) in [5.41, 5.74) is 0. The highest BCUT2D eigenvalue weighted by atomic mass is 16.5. The van der Waals surface area contributed by atoms with Crippen molar-refractivity contribution >= 4 is 11.9 Å². The molecule has 0 heterocycles. The number of aliphatic hydroxyl groups excluding tert-OH is 2. The van der Waals surface area contributed by atoms with Gasteiger partial charge in [0.15, 0.2) is 0 Å². The fourth-order valence-corrected chi connectivity index (χ4v) is 8.83. The molecular weight excluding hydrogens is 791 g/mol. The summed E-state index contributed by atoms with van der Waals surface area (Å²) in [5.74, 6) is -0.0451. The van der Waals surface area contributed by atoms with Crippen LogP contribution in [0.15, 0.2) is 24.3 Å². The first-order chi connectivity index (χ1) is 31.5. The molecule has 0 rings (SSSR count). The zero-order valence-corrected chi connectivity index (χ0v) is 43.0. The summed E-state index contributed by atoms with van der Waals surface area (Å²) in [5, 5.41) is 23.3. The summed E-state index contributed by atoms with van der Waals surface area (Å²) in [6.07, 6.45) is 64.4. The van der Waals surface area contributed by atoms with Crippen LogP contribution in [0.1, 0.15) is 309 Å². The van der Waals surface area contributed by atoms with Gasteiger partial charge in [0, 0.05) is 12.8 Å². The first kappa shape index (κ1) is 62.3. The molecule has 2 unspecified atom stereocenters. The molecule has 0 saturated carbocycles. The quantitative estimate of drug-likeness (QED) is 0.0321. The van der Waals surface area contributed by atoms with Crippen molar-refractivity contribution in [1.82, 2.24) is 5.32 Å². The Hall–Kier alpha value is -1.66. The van der Waals surface area contributed by atoms with Crippen LogP contribution in [-0.2, 0) is 14.3 Å². The van der Waals surface area contributed by atoms with Crippen molar-refractivity contribution in [3.05, 3.63) is 24.3 Å². The Morgan fingerprint density at radius 1 is 0.438 bits per heavy atom. The van der Waals surface area contributed by atoms with Crippen LogP contribution >= 0.6 is 0 Å². The summed E-state index contributed by atoms with van der Waals surface area (Å²) in [4.78, 5) is 24.5. The van der Waals surface area contributed by atoms with Crippen LogP contribution in [0.4, 0.5) is 0 Å². The van der Waals surface area contributed by atoms with E-state index in [2.05, 4.69) is 43.5 Å². The maximum atomic E-state index is 12.5. The molecule has 0 aromatic heterocycles. The van der Waals surface area contributed by atoms with Crippen molar-refractivity contribution < 1.29 is 24.5 Å². The number of esters is 1. The molecule has 0 aromatic rings. The molecule has 0 aliphatic carbocycles. The maximum absolute atomic E-state index is 12.5. The fourth-order valence-electron chi connectivity index (χ4n) is 8.83. The SMILES string of the molecule is CCCC/C=C\C/C=C\CCCCCCCC(=O)OCCCCCCCCCCCCCCCCCCCCC(=O)NC(CO)C(O)CCCCCCCCCCCCCCCCC. The van der Waals surface area contributed by atoms with Gasteiger partial charge in [-0.05, 0) is 51.4 Å². The molecule has 0 aromatic carbocycles. The summed E-state index contributed by atoms with van der Waals surface area (Å²) in [6, 6.07) is -0.544. The Balaban J connectivity index is 3.41. The Morgan fingerprint density at radius 3 is 1.23 bits per heavy atom. The summed E-state index contributed by atoms with van der Waals surface area (Å²) < 4.78 is 5.47. The van der Waals surface area contributed by atoms with Gasteiger partial charge in [0.25, 0.3) is 0 Å². The van der Waals surface area contributed by atoms with Crippen molar-refractivity contribution in [2.24, 2.45) is 0 Å². The highest BCUT2D eigenvalue weighted by Crippen LogP contribution is 2.17. The van der Waals surface area contributed by atoms with Crippen LogP contribution in [0, 0.1) is 0 Å². The molecule has 0 spiro atoms. The molecule has 0 radical (unpaired) electrons. The van der Waals surface area contributed by atoms with E-state index in [1.165, 1.54) is 225 Å². The zero-order chi connectivity index (χ0) is 46.5. The third-order valence-corrected chi connectivity index (χ3v) is 13.3. The molecule has 378 valence electrons. The molecule has 64 heavy (non-hydrogen) atoms. The monoisotopic (exact) mass is 902 g/mol. The number of aliphatic hydroxyl groups is 2. The second kappa shape index (κ2) is 54.0. The number of rotatable bonds is 53. The zero-order valence-electron chi connectivity index (χ0n) is 43.0. The van der Waals surface area contributed by atoms with Crippen LogP contribution in [0.2, 0.25) is 0 Å². The minimum Gasteiger partial charge on any atom is -0.466 e. The third kappa shape index (κ3) is 49.8. The highest BCUT2D eigenvalue weighted by molar-refractivity contribution is 5.76. The minimum atomic E-state index is -0.667. The van der Waals surface area contributed by atoms with Crippen LogP contribution in [0.25, 0.3) is 0 Å². The smallest absolute Gasteiger partial charge is 0.305 e. The number of hydrogen-bond acceptors (Lipinski definition) is 5. The maximum Gasteiger partial charge on any atom is 0.305 e. The van der Waals surface area contributed by atoms with Gasteiger partial charge < -0.3 is 20.3 Å². The molecule has 0 aliphatic heterocycles. The number of allylic oxidation sites excluding steroid dienone is 4. The summed E-state index contributed by atoms with van der Waals surface area (Å²) in [6.45, 7) is 4.91. The molecule has 0 aliphatic rings. The van der Waals surface area contributed by atoms with E-state index in [4.69, 9.17) is 4.74 Å². The van der Waals surface area contributed by atoms with Gasteiger partial charge in [0.2, 0.25) is 5.91 Å². The van der Waals surface area contributed by atoms with Crippen LogP contribution in [0.3, 0.4) is 0 Å². The van der Waals surface area contributed by atoms with E-state index in [9.17, 15) is 19.8 Å². The van der Waals surface area contributed by atoms with Crippen molar-refractivity contribution in [2.45, 2.75) is 321 Å². The van der Waals surface area contributed by atoms with E-state index < -0.39 is 12.1 Å². The lowest BCUT2D eigenvalue weighted by molar-refractivity contribution is -0.143. The van der Waals surface area contributed by atoms with Crippen LogP contribution in [0.5, 0.6) is 0 Å². The van der Waals surface area contributed by atoms with Gasteiger partial charge in [-0.1, -0.05) is 269 Å². The van der Waals surface area contributed by atoms with E-state index in [0.29, 0.717) is 25.9 Å². The number of amides is 1. The minimum absolute atomic E-state index is 0.00708. The normalized spacial score (nSPS) is 12.8. The van der Waals surface area contributed by atoms with E-state index in [1.807, 2.05) is 0 Å². The van der Waals surface area contributed by atoms with Gasteiger partial charge in [0.05, 0.1) is 25.4 Å². The highest BCUT2D eigenvalue weighted by Gasteiger charge is 2.20. The van der Waals surface area contributed by atoms with Crippen LogP contribution in [-0.4, -0.2) is 47.4 Å². The van der Waals surface area contributed by atoms with Crippen molar-refractivity contribution in [1.29, 1.82) is 0 Å². The number of carbonyl (C=O) groups is 2. The molecule has 2 atom stereocenters. The average molecular weight is 903 g/mol. The second-order valence-corrected chi connectivity index (χ2v) is 19.6. The third-order valence-electron chi connectivity index (χ3n) is 13.3. The fraction of sp³-hybridized carbons (Fsp3) is 0.897. The molecule has 0 fully saturated rings. The van der Waals surface area contributed by atoms with Gasteiger partial charge in [0.1, 0.15) is 0 Å². The van der Waals surface area contributed by atoms with E-state index >= 15 is 0 Å². The largest absolute Gasteiger partial charge is 0.466 e. The van der Waals surface area contributed by atoms with Crippen molar-refractivity contribution in [2.75, 3.05) is 13.2 Å². The number of hydrogen-bond donors (Lipinski definition) is 3. The van der Waals surface area contributed by atoms with E-state index in [0.717, 1.165) is 51.4 Å². The Bertz CT molecular complexity index is 997. The predicted molar refractivity (Wildman–Crippen MR) is 278 cm³/mol. The number of unbranched alkanes of at least 4 members (excludes halogenated alkanes) is 38. The molecule has 0 bridgehead atoms. The van der Waals surface area contributed by atoms with Gasteiger partial charge >= 0.3 is 5.97 Å². The van der Waals surface area contributed by atoms with E-state index in [1.54, 1.807) is 0 Å². The van der Waals surface area contributed by atoms with Gasteiger partial charge in [-0.15, -0.1) is 0 Å². The first-order valence-corrected chi connectivity index (χ1v) is 28.6. The Morgan fingerprint density at radius 2 is 0.797 bits per heavy atom. The van der Waals surface area contributed by atoms with Crippen molar-refractivity contribution in [3.8, 4) is 0 Å². The Kier molecular flexibility index (Phi) is 52.6. The van der Waals surface area contributed by atoms with Crippen LogP contribution < -0.4 is 5.32 Å². The molecule has 0 saturated heterocycles. The van der Waals surface area contributed by atoms with Crippen molar-refractivity contribution in [3.63, 3.8) is 0 Å². The lowest BCUT2D eigenvalue weighted by Gasteiger charge is -2.22. The summed E-state index contributed by atoms with van der Waals surface area (Å²) in [7, 11) is 0. The predicted octanol–water partition coefficient (Wildman–Crippen LogP) is 17.5. The molecule has 6 heteroatoms. The van der Waals surface area contributed by atoms with Gasteiger partial charge in [-0.2, -0.15) is 0 Å². The average Bonchev–Trinajstić information content (AvgIpc) is 3.29. The molecule has 6 nitrogen and oxygen atoms in total.